The number of aromatic nitrogens is 3. The predicted octanol–water partition coefficient (Wildman–Crippen LogP) is 2.06. The molecule has 2 heterocycles. The Morgan fingerprint density at radius 2 is 1.77 bits per heavy atom. The molecular weight excluding hydrogens is 396 g/mol. The lowest BCUT2D eigenvalue weighted by atomic mass is 10.1. The summed E-state index contributed by atoms with van der Waals surface area (Å²) in [7, 11) is 0. The van der Waals surface area contributed by atoms with Crippen molar-refractivity contribution in [3.05, 3.63) is 71.5 Å². The summed E-state index contributed by atoms with van der Waals surface area (Å²) in [6.45, 7) is 0. The summed E-state index contributed by atoms with van der Waals surface area (Å²) in [5, 5.41) is 14.9. The Morgan fingerprint density at radius 1 is 1.00 bits per heavy atom. The highest BCUT2D eigenvalue weighted by molar-refractivity contribution is 6.09. The third-order valence-corrected chi connectivity index (χ3v) is 4.99. The topological polar surface area (TPSA) is 129 Å². The molecule has 4 N–H and O–H groups in total. The second-order valence-corrected chi connectivity index (χ2v) is 7.24. The van der Waals surface area contributed by atoms with E-state index in [1.54, 1.807) is 24.3 Å². The largest absolute Gasteiger partial charge is 0.340 e. The molecule has 3 amide bonds. The molecular formula is C22H22N6O3. The van der Waals surface area contributed by atoms with E-state index in [9.17, 15) is 14.4 Å². The third kappa shape index (κ3) is 5.13. The van der Waals surface area contributed by atoms with Crippen LogP contribution < -0.4 is 16.0 Å². The van der Waals surface area contributed by atoms with Crippen molar-refractivity contribution in [2.24, 2.45) is 0 Å². The number of nitrogens with one attached hydrogen (secondary N) is 4. The normalized spacial score (nSPS) is 15.4. The highest BCUT2D eigenvalue weighted by atomic mass is 16.2. The summed E-state index contributed by atoms with van der Waals surface area (Å²) < 4.78 is 0. The number of rotatable bonds is 7. The molecule has 31 heavy (non-hydrogen) atoms. The molecule has 0 fully saturated rings. The van der Waals surface area contributed by atoms with Crippen LogP contribution in [0.25, 0.3) is 0 Å². The van der Waals surface area contributed by atoms with E-state index < -0.39 is 6.04 Å². The summed E-state index contributed by atoms with van der Waals surface area (Å²) in [5.74, 6) is -0.178. The first-order valence-corrected chi connectivity index (χ1v) is 10.0. The highest BCUT2D eigenvalue weighted by Gasteiger charge is 2.27. The van der Waals surface area contributed by atoms with Crippen molar-refractivity contribution >= 4 is 29.4 Å². The molecule has 158 valence electrons. The third-order valence-electron chi connectivity index (χ3n) is 4.99. The maximum Gasteiger partial charge on any atom is 0.254 e. The Morgan fingerprint density at radius 3 is 2.61 bits per heavy atom. The van der Waals surface area contributed by atoms with Gasteiger partial charge in [0.2, 0.25) is 17.8 Å². The van der Waals surface area contributed by atoms with Gasteiger partial charge in [-0.1, -0.05) is 42.5 Å². The minimum absolute atomic E-state index is 0.0304. The molecule has 4 rings (SSSR count). The zero-order valence-electron chi connectivity index (χ0n) is 16.7. The molecule has 0 bridgehead atoms. The van der Waals surface area contributed by atoms with E-state index in [-0.39, 0.29) is 36.5 Å². The van der Waals surface area contributed by atoms with Gasteiger partial charge in [0.1, 0.15) is 11.9 Å². The van der Waals surface area contributed by atoms with Crippen molar-refractivity contribution in [3.63, 3.8) is 0 Å². The fourth-order valence-corrected chi connectivity index (χ4v) is 3.35. The lowest BCUT2D eigenvalue weighted by molar-refractivity contribution is -0.118. The average Bonchev–Trinajstić information content (AvgIpc) is 3.18. The van der Waals surface area contributed by atoms with Gasteiger partial charge in [-0.05, 0) is 30.5 Å². The Bertz CT molecular complexity index is 1100. The summed E-state index contributed by atoms with van der Waals surface area (Å²) in [5.41, 5.74) is 2.04. The van der Waals surface area contributed by atoms with Gasteiger partial charge < -0.3 is 10.6 Å². The summed E-state index contributed by atoms with van der Waals surface area (Å²) in [6.07, 6.45) is 1.66. The van der Waals surface area contributed by atoms with Gasteiger partial charge in [0.15, 0.2) is 0 Å². The van der Waals surface area contributed by atoms with Crippen molar-refractivity contribution in [1.82, 2.24) is 20.5 Å². The van der Waals surface area contributed by atoms with E-state index >= 15 is 0 Å². The molecule has 0 spiro atoms. The van der Waals surface area contributed by atoms with Crippen molar-refractivity contribution in [1.29, 1.82) is 0 Å². The van der Waals surface area contributed by atoms with Gasteiger partial charge in [-0.15, -0.1) is 5.10 Å². The number of anilines is 2. The van der Waals surface area contributed by atoms with Gasteiger partial charge in [0.25, 0.3) is 5.91 Å². The van der Waals surface area contributed by atoms with Gasteiger partial charge in [0, 0.05) is 12.8 Å². The Kier molecular flexibility index (Phi) is 6.02. The first-order chi connectivity index (χ1) is 15.1. The average molecular weight is 418 g/mol. The standard InChI is InChI=1S/C22H22N6O3/c29-19(26-22-25-18(27-28-22)12-10-14-6-2-1-3-7-14)13-11-17-21(31)23-16-9-5-4-8-15(16)20(30)24-17/h1-9,17H,10-13H2,(H,23,31)(H,24,30)(H2,25,26,27,28,29). The van der Waals surface area contributed by atoms with Gasteiger partial charge in [-0.25, -0.2) is 0 Å². The van der Waals surface area contributed by atoms with Gasteiger partial charge >= 0.3 is 0 Å². The first-order valence-electron chi connectivity index (χ1n) is 10.0. The second kappa shape index (κ2) is 9.21. The number of nitrogens with zero attached hydrogens (tertiary/aromatic N) is 2. The Hall–Kier alpha value is -4.01. The van der Waals surface area contributed by atoms with Crippen LogP contribution in [-0.2, 0) is 22.4 Å². The van der Waals surface area contributed by atoms with Crippen LogP contribution in [-0.4, -0.2) is 38.9 Å². The molecule has 0 saturated heterocycles. The maximum absolute atomic E-state index is 12.4. The number of aryl methyl sites for hydroxylation is 2. The zero-order chi connectivity index (χ0) is 21.6. The van der Waals surface area contributed by atoms with Gasteiger partial charge in [0.05, 0.1) is 11.3 Å². The van der Waals surface area contributed by atoms with Crippen LogP contribution in [0.4, 0.5) is 11.6 Å². The van der Waals surface area contributed by atoms with E-state index in [4.69, 9.17) is 0 Å². The molecule has 1 aliphatic heterocycles. The van der Waals surface area contributed by atoms with Gasteiger partial charge in [-0.3, -0.25) is 24.8 Å². The molecule has 3 aromatic rings. The van der Waals surface area contributed by atoms with E-state index in [2.05, 4.69) is 31.1 Å². The molecule has 1 atom stereocenters. The number of hydrogen-bond donors (Lipinski definition) is 4. The molecule has 9 nitrogen and oxygen atoms in total. The van der Waals surface area contributed by atoms with E-state index in [0.717, 1.165) is 6.42 Å². The minimum Gasteiger partial charge on any atom is -0.340 e. The molecule has 1 aromatic heterocycles. The van der Waals surface area contributed by atoms with Crippen molar-refractivity contribution < 1.29 is 14.4 Å². The molecule has 0 saturated carbocycles. The number of aromatic amines is 1. The number of carbonyl (C=O) groups is 3. The Balaban J connectivity index is 1.27. The van der Waals surface area contributed by atoms with Crippen LogP contribution in [0, 0.1) is 0 Å². The van der Waals surface area contributed by atoms with Crippen molar-refractivity contribution in [2.45, 2.75) is 31.7 Å². The van der Waals surface area contributed by atoms with Crippen molar-refractivity contribution in [2.75, 3.05) is 10.6 Å². The number of para-hydroxylation sites is 1. The fourth-order valence-electron chi connectivity index (χ4n) is 3.35. The highest BCUT2D eigenvalue weighted by Crippen LogP contribution is 2.19. The summed E-state index contributed by atoms with van der Waals surface area (Å²) in [4.78, 5) is 41.3. The van der Waals surface area contributed by atoms with Crippen LogP contribution in [0.1, 0.15) is 34.6 Å². The van der Waals surface area contributed by atoms with Crippen LogP contribution >= 0.6 is 0 Å². The molecule has 1 aliphatic rings. The Labute approximate surface area is 178 Å². The summed E-state index contributed by atoms with van der Waals surface area (Å²) >= 11 is 0. The number of fused-ring (bicyclic) bond motifs is 1. The molecule has 9 heteroatoms. The SMILES string of the molecule is O=C(CCC1NC(=O)c2ccccc2NC1=O)Nc1n[nH]c(CCc2ccccc2)n1. The van der Waals surface area contributed by atoms with Crippen LogP contribution in [0.3, 0.4) is 0 Å². The van der Waals surface area contributed by atoms with E-state index in [1.165, 1.54) is 5.56 Å². The molecule has 1 unspecified atom stereocenters. The first kappa shape index (κ1) is 20.3. The number of benzene rings is 2. The quantitative estimate of drug-likeness (QED) is 0.467. The van der Waals surface area contributed by atoms with E-state index in [1.807, 2.05) is 30.3 Å². The van der Waals surface area contributed by atoms with Gasteiger partial charge in [-0.2, -0.15) is 4.98 Å². The molecule has 0 radical (unpaired) electrons. The second-order valence-electron chi connectivity index (χ2n) is 7.24. The molecule has 0 aliphatic carbocycles. The number of amides is 3. The van der Waals surface area contributed by atoms with Crippen LogP contribution in [0.15, 0.2) is 54.6 Å². The number of H-pyrrole nitrogens is 1. The van der Waals surface area contributed by atoms with Crippen LogP contribution in [0.2, 0.25) is 0 Å². The molecule has 2 aromatic carbocycles. The predicted molar refractivity (Wildman–Crippen MR) is 114 cm³/mol. The number of carbonyl (C=O) groups excluding carboxylic acids is 3. The van der Waals surface area contributed by atoms with Crippen LogP contribution in [0.5, 0.6) is 0 Å². The monoisotopic (exact) mass is 418 g/mol. The minimum atomic E-state index is -0.806. The maximum atomic E-state index is 12.4. The lowest BCUT2D eigenvalue weighted by Gasteiger charge is -2.13. The lowest BCUT2D eigenvalue weighted by Crippen LogP contribution is -2.41. The smallest absolute Gasteiger partial charge is 0.254 e. The number of hydrogen-bond acceptors (Lipinski definition) is 5. The summed E-state index contributed by atoms with van der Waals surface area (Å²) in [6, 6.07) is 16.0. The fraction of sp³-hybridized carbons (Fsp3) is 0.227. The van der Waals surface area contributed by atoms with E-state index in [0.29, 0.717) is 23.5 Å². The van der Waals surface area contributed by atoms with Crippen molar-refractivity contribution in [3.8, 4) is 0 Å². The zero-order valence-corrected chi connectivity index (χ0v) is 16.7.